The Morgan fingerprint density at radius 1 is 0.868 bits per heavy atom. The molecule has 0 aliphatic heterocycles. The standard InChI is InChI=1S/C32H33N3O3/c1-37-27-16-13-24(14-17-27)22-32(36)33-19-6-12-31-34-29-10-4-5-11-30(29)35(31)20-7-21-38-28-18-15-25-8-2-3-9-26(25)23-28/h2-5,8-11,13-18,23H,6-7,12,19-22H2,1H3,(H,33,36). The lowest BCUT2D eigenvalue weighted by Gasteiger charge is -2.11. The molecule has 4 aromatic carbocycles. The highest BCUT2D eigenvalue weighted by molar-refractivity contribution is 5.83. The minimum absolute atomic E-state index is 0.0227. The predicted molar refractivity (Wildman–Crippen MR) is 152 cm³/mol. The van der Waals surface area contributed by atoms with Crippen LogP contribution in [0.1, 0.15) is 24.2 Å². The first-order valence-corrected chi connectivity index (χ1v) is 13.1. The Bertz CT molecular complexity index is 1510. The van der Waals surface area contributed by atoms with Crippen molar-refractivity contribution in [3.05, 3.63) is 102 Å². The summed E-state index contributed by atoms with van der Waals surface area (Å²) in [6.45, 7) is 2.07. The van der Waals surface area contributed by atoms with Gasteiger partial charge in [-0.2, -0.15) is 0 Å². The number of hydrogen-bond acceptors (Lipinski definition) is 4. The SMILES string of the molecule is COc1ccc(CC(=O)NCCCc2nc3ccccc3n2CCCOc2ccc3ccccc3c2)cc1. The van der Waals surface area contributed by atoms with Crippen LogP contribution in [0.2, 0.25) is 0 Å². The van der Waals surface area contributed by atoms with Gasteiger partial charge in [-0.25, -0.2) is 4.98 Å². The van der Waals surface area contributed by atoms with Crippen LogP contribution in [0.25, 0.3) is 21.8 Å². The molecule has 0 atom stereocenters. The van der Waals surface area contributed by atoms with Gasteiger partial charge in [0, 0.05) is 19.5 Å². The maximum Gasteiger partial charge on any atom is 0.224 e. The molecule has 0 radical (unpaired) electrons. The zero-order valence-electron chi connectivity index (χ0n) is 21.7. The number of imidazole rings is 1. The smallest absolute Gasteiger partial charge is 0.224 e. The monoisotopic (exact) mass is 507 g/mol. The van der Waals surface area contributed by atoms with E-state index in [4.69, 9.17) is 14.5 Å². The van der Waals surface area contributed by atoms with Crippen molar-refractivity contribution in [3.8, 4) is 11.5 Å². The molecule has 0 fully saturated rings. The third-order valence-electron chi connectivity index (χ3n) is 6.67. The van der Waals surface area contributed by atoms with E-state index in [1.807, 2.05) is 48.5 Å². The second kappa shape index (κ2) is 12.3. The molecule has 1 heterocycles. The number of carbonyl (C=O) groups excluding carboxylic acids is 1. The number of ether oxygens (including phenoxy) is 2. The number of fused-ring (bicyclic) bond motifs is 2. The number of carbonyl (C=O) groups is 1. The van der Waals surface area contributed by atoms with E-state index < -0.39 is 0 Å². The Hall–Kier alpha value is -4.32. The first-order valence-electron chi connectivity index (χ1n) is 13.1. The van der Waals surface area contributed by atoms with Crippen molar-refractivity contribution in [2.75, 3.05) is 20.3 Å². The van der Waals surface area contributed by atoms with Crippen LogP contribution >= 0.6 is 0 Å². The molecule has 0 spiro atoms. The first-order chi connectivity index (χ1) is 18.7. The average Bonchev–Trinajstić information content (AvgIpc) is 3.31. The number of aromatic nitrogens is 2. The highest BCUT2D eigenvalue weighted by atomic mass is 16.5. The average molecular weight is 508 g/mol. The van der Waals surface area contributed by atoms with Gasteiger partial charge in [0.15, 0.2) is 0 Å². The predicted octanol–water partition coefficient (Wildman–Crippen LogP) is 5.96. The summed E-state index contributed by atoms with van der Waals surface area (Å²) >= 11 is 0. The number of benzene rings is 4. The number of amides is 1. The number of rotatable bonds is 12. The quantitative estimate of drug-likeness (QED) is 0.212. The fourth-order valence-electron chi connectivity index (χ4n) is 4.70. The van der Waals surface area contributed by atoms with Crippen molar-refractivity contribution in [1.29, 1.82) is 0 Å². The Balaban J connectivity index is 1.13. The molecular weight excluding hydrogens is 474 g/mol. The van der Waals surface area contributed by atoms with Crippen molar-refractivity contribution < 1.29 is 14.3 Å². The fraction of sp³-hybridized carbons (Fsp3) is 0.250. The summed E-state index contributed by atoms with van der Waals surface area (Å²) in [5.41, 5.74) is 3.11. The molecule has 0 saturated carbocycles. The van der Waals surface area contributed by atoms with E-state index in [1.165, 1.54) is 10.8 Å². The summed E-state index contributed by atoms with van der Waals surface area (Å²) < 4.78 is 13.5. The van der Waals surface area contributed by atoms with Crippen LogP contribution in [0.3, 0.4) is 0 Å². The first kappa shape index (κ1) is 25.3. The van der Waals surface area contributed by atoms with Gasteiger partial charge in [-0.3, -0.25) is 4.79 Å². The lowest BCUT2D eigenvalue weighted by Crippen LogP contribution is -2.26. The summed E-state index contributed by atoms with van der Waals surface area (Å²) in [5.74, 6) is 2.75. The number of methoxy groups -OCH3 is 1. The highest BCUT2D eigenvalue weighted by Gasteiger charge is 2.11. The van der Waals surface area contributed by atoms with Crippen LogP contribution in [0.15, 0.2) is 91.0 Å². The van der Waals surface area contributed by atoms with Gasteiger partial charge in [0.2, 0.25) is 5.91 Å². The molecule has 1 N–H and O–H groups in total. The van der Waals surface area contributed by atoms with Crippen molar-refractivity contribution in [3.63, 3.8) is 0 Å². The highest BCUT2D eigenvalue weighted by Crippen LogP contribution is 2.21. The Labute approximate surface area is 223 Å². The van der Waals surface area contributed by atoms with E-state index in [9.17, 15) is 4.79 Å². The van der Waals surface area contributed by atoms with Gasteiger partial charge in [-0.1, -0.05) is 54.6 Å². The molecule has 0 bridgehead atoms. The van der Waals surface area contributed by atoms with Crippen molar-refractivity contribution in [2.45, 2.75) is 32.2 Å². The van der Waals surface area contributed by atoms with Gasteiger partial charge >= 0.3 is 0 Å². The van der Waals surface area contributed by atoms with Crippen molar-refractivity contribution in [2.24, 2.45) is 0 Å². The van der Waals surface area contributed by atoms with Gasteiger partial charge in [0.1, 0.15) is 17.3 Å². The van der Waals surface area contributed by atoms with Crippen LogP contribution in [0.4, 0.5) is 0 Å². The van der Waals surface area contributed by atoms with Crippen LogP contribution < -0.4 is 14.8 Å². The van der Waals surface area contributed by atoms with Crippen LogP contribution in [-0.2, 0) is 24.2 Å². The van der Waals surface area contributed by atoms with E-state index in [1.54, 1.807) is 7.11 Å². The zero-order valence-corrected chi connectivity index (χ0v) is 21.7. The number of nitrogens with zero attached hydrogens (tertiary/aromatic N) is 2. The van der Waals surface area contributed by atoms with Gasteiger partial charge in [-0.05, 0) is 65.6 Å². The largest absolute Gasteiger partial charge is 0.497 e. The summed E-state index contributed by atoms with van der Waals surface area (Å²) in [6, 6.07) is 30.4. The molecule has 0 aliphatic rings. The summed E-state index contributed by atoms with van der Waals surface area (Å²) in [7, 11) is 1.63. The van der Waals surface area contributed by atoms with Crippen LogP contribution in [0, 0.1) is 0 Å². The Morgan fingerprint density at radius 2 is 1.63 bits per heavy atom. The van der Waals surface area contributed by atoms with Gasteiger partial charge < -0.3 is 19.4 Å². The fourth-order valence-corrected chi connectivity index (χ4v) is 4.70. The molecule has 38 heavy (non-hydrogen) atoms. The third-order valence-corrected chi connectivity index (χ3v) is 6.67. The van der Waals surface area contributed by atoms with Gasteiger partial charge in [0.05, 0.1) is 31.2 Å². The van der Waals surface area contributed by atoms with Gasteiger partial charge in [0.25, 0.3) is 0 Å². The molecule has 5 aromatic rings. The van der Waals surface area contributed by atoms with Crippen molar-refractivity contribution >= 4 is 27.7 Å². The molecule has 1 amide bonds. The zero-order chi connectivity index (χ0) is 26.2. The topological polar surface area (TPSA) is 65.4 Å². The lowest BCUT2D eigenvalue weighted by atomic mass is 10.1. The second-order valence-electron chi connectivity index (χ2n) is 9.36. The second-order valence-corrected chi connectivity index (χ2v) is 9.36. The lowest BCUT2D eigenvalue weighted by molar-refractivity contribution is -0.120. The summed E-state index contributed by atoms with van der Waals surface area (Å²) in [5, 5.41) is 5.44. The molecule has 194 valence electrons. The summed E-state index contributed by atoms with van der Waals surface area (Å²) in [4.78, 5) is 17.3. The molecule has 0 aliphatic carbocycles. The minimum Gasteiger partial charge on any atom is -0.497 e. The maximum atomic E-state index is 12.4. The van der Waals surface area contributed by atoms with E-state index in [-0.39, 0.29) is 5.91 Å². The van der Waals surface area contributed by atoms with Crippen LogP contribution in [0.5, 0.6) is 11.5 Å². The van der Waals surface area contributed by atoms with E-state index in [0.717, 1.165) is 59.7 Å². The van der Waals surface area contributed by atoms with Crippen molar-refractivity contribution in [1.82, 2.24) is 14.9 Å². The number of hydrogen-bond donors (Lipinski definition) is 1. The summed E-state index contributed by atoms with van der Waals surface area (Å²) in [6.07, 6.45) is 2.85. The Kier molecular flexibility index (Phi) is 8.19. The third kappa shape index (κ3) is 6.32. The molecule has 1 aromatic heterocycles. The molecule has 0 saturated heterocycles. The maximum absolute atomic E-state index is 12.4. The normalized spacial score (nSPS) is 11.1. The molecular formula is C32H33N3O3. The molecule has 0 unspecified atom stereocenters. The molecule has 6 nitrogen and oxygen atoms in total. The number of aryl methyl sites for hydroxylation is 2. The van der Waals surface area contributed by atoms with E-state index in [2.05, 4.69) is 52.3 Å². The van der Waals surface area contributed by atoms with Crippen LogP contribution in [-0.4, -0.2) is 35.7 Å². The number of para-hydroxylation sites is 2. The van der Waals surface area contributed by atoms with E-state index in [0.29, 0.717) is 19.6 Å². The van der Waals surface area contributed by atoms with E-state index >= 15 is 0 Å². The minimum atomic E-state index is 0.0227. The van der Waals surface area contributed by atoms with Gasteiger partial charge in [-0.15, -0.1) is 0 Å². The molecule has 6 heteroatoms. The molecule has 5 rings (SSSR count). The Morgan fingerprint density at radius 3 is 2.47 bits per heavy atom. The number of nitrogens with one attached hydrogen (secondary N) is 1.